The summed E-state index contributed by atoms with van der Waals surface area (Å²) in [5, 5.41) is 10.7. The van der Waals surface area contributed by atoms with Crippen LogP contribution in [0, 0.1) is 0 Å². The van der Waals surface area contributed by atoms with Crippen LogP contribution >= 0.6 is 15.9 Å². The van der Waals surface area contributed by atoms with E-state index in [0.29, 0.717) is 28.8 Å². The molecular weight excluding hydrogens is 428 g/mol. The van der Waals surface area contributed by atoms with Crippen molar-refractivity contribution < 1.29 is 5.11 Å². The Kier molecular flexibility index (Phi) is 5.58. The second kappa shape index (κ2) is 8.45. The lowest BCUT2D eigenvalue weighted by molar-refractivity contribution is 0.474. The van der Waals surface area contributed by atoms with Gasteiger partial charge in [-0.15, -0.1) is 0 Å². The van der Waals surface area contributed by atoms with E-state index in [9.17, 15) is 9.90 Å². The Hall–Kier alpha value is -3.18. The van der Waals surface area contributed by atoms with Crippen molar-refractivity contribution in [3.8, 4) is 5.75 Å². The van der Waals surface area contributed by atoms with Crippen molar-refractivity contribution in [2.75, 3.05) is 0 Å². The summed E-state index contributed by atoms with van der Waals surface area (Å²) in [6.45, 7) is 0.519. The fourth-order valence-electron chi connectivity index (χ4n) is 3.24. The first kappa shape index (κ1) is 19.2. The first-order chi connectivity index (χ1) is 14.1. The molecule has 0 amide bonds. The molecule has 5 heteroatoms. The van der Waals surface area contributed by atoms with Crippen LogP contribution in [-0.4, -0.2) is 14.7 Å². The van der Waals surface area contributed by atoms with Gasteiger partial charge in [-0.05, 0) is 54.5 Å². The lowest BCUT2D eigenvalue weighted by Gasteiger charge is -2.11. The minimum Gasteiger partial charge on any atom is -0.507 e. The highest BCUT2D eigenvalue weighted by molar-refractivity contribution is 9.10. The Balaban J connectivity index is 1.77. The number of nitrogens with zero attached hydrogens (tertiary/aromatic N) is 2. The van der Waals surface area contributed by atoms with Gasteiger partial charge in [-0.2, -0.15) is 0 Å². The molecule has 144 valence electrons. The van der Waals surface area contributed by atoms with Crippen LogP contribution < -0.4 is 5.56 Å². The van der Waals surface area contributed by atoms with E-state index < -0.39 is 0 Å². The number of phenols is 1. The Morgan fingerprint density at radius 3 is 2.55 bits per heavy atom. The molecule has 0 saturated carbocycles. The highest BCUT2D eigenvalue weighted by atomic mass is 79.9. The number of fused-ring (bicyclic) bond motifs is 1. The second-order valence-corrected chi connectivity index (χ2v) is 7.63. The molecule has 0 unspecified atom stereocenters. The van der Waals surface area contributed by atoms with Gasteiger partial charge < -0.3 is 5.11 Å². The largest absolute Gasteiger partial charge is 0.507 e. The fourth-order valence-corrected chi connectivity index (χ4v) is 3.62. The Labute approximate surface area is 176 Å². The van der Waals surface area contributed by atoms with Gasteiger partial charge in [-0.1, -0.05) is 58.4 Å². The zero-order valence-electron chi connectivity index (χ0n) is 15.6. The first-order valence-electron chi connectivity index (χ1n) is 9.32. The van der Waals surface area contributed by atoms with Gasteiger partial charge in [0.2, 0.25) is 0 Å². The number of aromatic hydroxyl groups is 1. The SMILES string of the molecule is O=c1c2ccccc2nc(C=Cc2cc(Br)ccc2O)n1CCc1ccccc1. The van der Waals surface area contributed by atoms with Gasteiger partial charge in [-0.3, -0.25) is 9.36 Å². The summed E-state index contributed by atoms with van der Waals surface area (Å²) in [5.41, 5.74) is 2.40. The number of phenolic OH excluding ortho intramolecular Hbond substituents is 1. The van der Waals surface area contributed by atoms with Crippen molar-refractivity contribution in [3.05, 3.63) is 105 Å². The third-order valence-electron chi connectivity index (χ3n) is 4.76. The quantitative estimate of drug-likeness (QED) is 0.453. The number of hydrogen-bond acceptors (Lipinski definition) is 3. The number of hydrogen-bond donors (Lipinski definition) is 1. The molecule has 4 nitrogen and oxygen atoms in total. The predicted molar refractivity (Wildman–Crippen MR) is 121 cm³/mol. The zero-order valence-corrected chi connectivity index (χ0v) is 17.2. The second-order valence-electron chi connectivity index (χ2n) is 6.72. The van der Waals surface area contributed by atoms with Crippen molar-refractivity contribution >= 4 is 39.0 Å². The Bertz CT molecular complexity index is 1250. The summed E-state index contributed by atoms with van der Waals surface area (Å²) < 4.78 is 2.56. The summed E-state index contributed by atoms with van der Waals surface area (Å²) >= 11 is 3.42. The van der Waals surface area contributed by atoms with Crippen LogP contribution in [0.2, 0.25) is 0 Å². The molecule has 0 fully saturated rings. The van der Waals surface area contributed by atoms with E-state index in [-0.39, 0.29) is 11.3 Å². The molecule has 0 aliphatic rings. The van der Waals surface area contributed by atoms with E-state index in [2.05, 4.69) is 28.1 Å². The van der Waals surface area contributed by atoms with Crippen molar-refractivity contribution in [1.82, 2.24) is 9.55 Å². The molecule has 4 rings (SSSR count). The van der Waals surface area contributed by atoms with Crippen LogP contribution in [-0.2, 0) is 13.0 Å². The highest BCUT2D eigenvalue weighted by Crippen LogP contribution is 2.24. The van der Waals surface area contributed by atoms with E-state index in [1.54, 1.807) is 34.9 Å². The molecule has 29 heavy (non-hydrogen) atoms. The average molecular weight is 447 g/mol. The van der Waals surface area contributed by atoms with Gasteiger partial charge in [0.15, 0.2) is 0 Å². The van der Waals surface area contributed by atoms with E-state index in [1.807, 2.05) is 42.5 Å². The molecule has 0 saturated heterocycles. The van der Waals surface area contributed by atoms with Gasteiger partial charge in [0.1, 0.15) is 11.6 Å². The maximum Gasteiger partial charge on any atom is 0.261 e. The first-order valence-corrected chi connectivity index (χ1v) is 10.1. The summed E-state index contributed by atoms with van der Waals surface area (Å²) in [5.74, 6) is 0.729. The number of benzene rings is 3. The maximum absolute atomic E-state index is 13.1. The van der Waals surface area contributed by atoms with Crippen LogP contribution in [0.25, 0.3) is 23.1 Å². The predicted octanol–water partition coefficient (Wildman–Crippen LogP) is 5.28. The van der Waals surface area contributed by atoms with Gasteiger partial charge in [0.05, 0.1) is 10.9 Å². The van der Waals surface area contributed by atoms with Gasteiger partial charge in [-0.25, -0.2) is 4.98 Å². The molecule has 4 aromatic rings. The van der Waals surface area contributed by atoms with Gasteiger partial charge in [0.25, 0.3) is 5.56 Å². The van der Waals surface area contributed by atoms with E-state index in [1.165, 1.54) is 0 Å². The van der Waals surface area contributed by atoms with Crippen molar-refractivity contribution in [2.24, 2.45) is 0 Å². The summed E-state index contributed by atoms with van der Waals surface area (Å²) in [7, 11) is 0. The van der Waals surface area contributed by atoms with Crippen molar-refractivity contribution in [2.45, 2.75) is 13.0 Å². The van der Waals surface area contributed by atoms with Crippen molar-refractivity contribution in [3.63, 3.8) is 0 Å². The molecule has 1 aromatic heterocycles. The molecule has 0 atom stereocenters. The monoisotopic (exact) mass is 446 g/mol. The maximum atomic E-state index is 13.1. The molecule has 0 bridgehead atoms. The molecule has 1 heterocycles. The normalized spacial score (nSPS) is 11.3. The van der Waals surface area contributed by atoms with Crippen LogP contribution in [0.1, 0.15) is 17.0 Å². The van der Waals surface area contributed by atoms with E-state index in [4.69, 9.17) is 4.98 Å². The lowest BCUT2D eigenvalue weighted by Crippen LogP contribution is -2.24. The Morgan fingerprint density at radius 2 is 1.72 bits per heavy atom. The van der Waals surface area contributed by atoms with Gasteiger partial charge >= 0.3 is 0 Å². The van der Waals surface area contributed by atoms with E-state index in [0.717, 1.165) is 16.5 Å². The Morgan fingerprint density at radius 1 is 0.966 bits per heavy atom. The standard InChI is InChI=1S/C24H19BrN2O2/c25-19-11-12-22(28)18(16-19)10-13-23-26-21-9-5-4-8-20(21)24(29)27(23)15-14-17-6-2-1-3-7-17/h1-13,16,28H,14-15H2. The molecule has 0 aliphatic heterocycles. The molecule has 0 spiro atoms. The summed E-state index contributed by atoms with van der Waals surface area (Å²) in [4.78, 5) is 17.8. The van der Waals surface area contributed by atoms with Crippen LogP contribution in [0.3, 0.4) is 0 Å². The van der Waals surface area contributed by atoms with Gasteiger partial charge in [0, 0.05) is 16.6 Å². The number of aryl methyl sites for hydroxylation is 1. The third kappa shape index (κ3) is 4.30. The summed E-state index contributed by atoms with van der Waals surface area (Å²) in [6.07, 6.45) is 4.28. The van der Waals surface area contributed by atoms with Crippen LogP contribution in [0.4, 0.5) is 0 Å². The van der Waals surface area contributed by atoms with Crippen LogP contribution in [0.5, 0.6) is 5.75 Å². The smallest absolute Gasteiger partial charge is 0.261 e. The number of para-hydroxylation sites is 1. The lowest BCUT2D eigenvalue weighted by atomic mass is 10.1. The fraction of sp³-hybridized carbons (Fsp3) is 0.0833. The third-order valence-corrected chi connectivity index (χ3v) is 5.25. The highest BCUT2D eigenvalue weighted by Gasteiger charge is 2.09. The number of rotatable bonds is 5. The minimum atomic E-state index is -0.0651. The topological polar surface area (TPSA) is 55.1 Å². The number of aromatic nitrogens is 2. The molecule has 1 N–H and O–H groups in total. The molecule has 0 aliphatic carbocycles. The average Bonchev–Trinajstić information content (AvgIpc) is 2.74. The minimum absolute atomic E-state index is 0.0651. The zero-order chi connectivity index (χ0) is 20.2. The summed E-state index contributed by atoms with van der Waals surface area (Å²) in [6, 6.07) is 22.6. The number of halogens is 1. The molecular formula is C24H19BrN2O2. The van der Waals surface area contributed by atoms with Crippen LogP contribution in [0.15, 0.2) is 82.1 Å². The van der Waals surface area contributed by atoms with Crippen molar-refractivity contribution in [1.29, 1.82) is 0 Å². The molecule has 3 aromatic carbocycles. The molecule has 0 radical (unpaired) electrons. The van der Waals surface area contributed by atoms with E-state index >= 15 is 0 Å².